The third-order valence-corrected chi connectivity index (χ3v) is 1.19. The molecule has 3 N–H and O–H groups in total. The van der Waals surface area contributed by atoms with Crippen LogP contribution in [0.25, 0.3) is 0 Å². The summed E-state index contributed by atoms with van der Waals surface area (Å²) in [5.41, 5.74) is 5.67. The van der Waals surface area contributed by atoms with Gasteiger partial charge in [-0.1, -0.05) is 0 Å². The molecule has 0 aromatic heterocycles. The first-order valence-corrected chi connectivity index (χ1v) is 3.00. The molecule has 1 aliphatic heterocycles. The van der Waals surface area contributed by atoms with Crippen molar-refractivity contribution in [2.75, 3.05) is 19.6 Å². The van der Waals surface area contributed by atoms with Crippen LogP contribution >= 0.6 is 0 Å². The molecule has 4 nitrogen and oxygen atoms in total. The van der Waals surface area contributed by atoms with Crippen LogP contribution in [0.3, 0.4) is 0 Å². The number of hydrogen-bond acceptors (Lipinski definition) is 4. The van der Waals surface area contributed by atoms with E-state index in [-0.39, 0.29) is 6.04 Å². The number of hydrogen-bond donors (Lipinski definition) is 3. The normalized spacial score (nSPS) is 29.1. The lowest BCUT2D eigenvalue weighted by molar-refractivity contribution is 0.489. The molecular formula is C5H10N3O. The van der Waals surface area contributed by atoms with E-state index in [9.17, 15) is 4.79 Å². The van der Waals surface area contributed by atoms with Gasteiger partial charge in [-0.25, -0.2) is 5.43 Å². The zero-order valence-corrected chi connectivity index (χ0v) is 5.11. The van der Waals surface area contributed by atoms with Crippen LogP contribution in [0.15, 0.2) is 0 Å². The molecule has 4 heteroatoms. The average molecular weight is 128 g/mol. The fourth-order valence-electron chi connectivity index (χ4n) is 0.715. The molecule has 0 spiro atoms. The number of carbonyl (C=O) groups excluding carboxylic acids is 1. The molecule has 0 saturated carbocycles. The van der Waals surface area contributed by atoms with Crippen molar-refractivity contribution in [3.05, 3.63) is 0 Å². The fourth-order valence-corrected chi connectivity index (χ4v) is 0.715. The molecule has 51 valence electrons. The molecule has 1 radical (unpaired) electrons. The van der Waals surface area contributed by atoms with Gasteiger partial charge < -0.3 is 5.32 Å². The SMILES string of the molecule is O=[C]C1CNCCNN1. The van der Waals surface area contributed by atoms with Crippen molar-refractivity contribution in [2.45, 2.75) is 6.04 Å². The molecule has 0 aliphatic carbocycles. The van der Waals surface area contributed by atoms with Crippen molar-refractivity contribution in [1.82, 2.24) is 16.2 Å². The third kappa shape index (κ3) is 2.09. The van der Waals surface area contributed by atoms with E-state index in [1.165, 1.54) is 0 Å². The number of nitrogens with one attached hydrogen (secondary N) is 3. The summed E-state index contributed by atoms with van der Waals surface area (Å²) in [6.07, 6.45) is 1.86. The van der Waals surface area contributed by atoms with Crippen molar-refractivity contribution in [1.29, 1.82) is 0 Å². The van der Waals surface area contributed by atoms with E-state index in [2.05, 4.69) is 16.2 Å². The van der Waals surface area contributed by atoms with E-state index in [0.29, 0.717) is 6.54 Å². The van der Waals surface area contributed by atoms with Gasteiger partial charge in [0.15, 0.2) is 0 Å². The van der Waals surface area contributed by atoms with Gasteiger partial charge in [-0.2, -0.15) is 0 Å². The Morgan fingerprint density at radius 2 is 2.33 bits per heavy atom. The molecule has 1 atom stereocenters. The summed E-state index contributed by atoms with van der Waals surface area (Å²) in [5, 5.41) is 3.06. The predicted octanol–water partition coefficient (Wildman–Crippen LogP) is -1.84. The highest BCUT2D eigenvalue weighted by Crippen LogP contribution is 1.75. The summed E-state index contributed by atoms with van der Waals surface area (Å²) in [5.74, 6) is 0. The standard InChI is InChI=1S/C5H10N3O/c9-4-5-3-6-1-2-7-8-5/h5-8H,1-3H2. The van der Waals surface area contributed by atoms with Gasteiger partial charge in [0.05, 0.1) is 6.04 Å². The second kappa shape index (κ2) is 3.55. The van der Waals surface area contributed by atoms with Crippen molar-refractivity contribution in [3.8, 4) is 0 Å². The minimum atomic E-state index is -0.201. The Balaban J connectivity index is 2.26. The smallest absolute Gasteiger partial charge is 0.219 e. The van der Waals surface area contributed by atoms with Gasteiger partial charge in [-0.15, -0.1) is 0 Å². The molecule has 0 aromatic carbocycles. The van der Waals surface area contributed by atoms with Crippen LogP contribution in [-0.4, -0.2) is 32.0 Å². The van der Waals surface area contributed by atoms with Crippen molar-refractivity contribution in [2.24, 2.45) is 0 Å². The molecule has 1 rings (SSSR count). The molecule has 1 aliphatic rings. The van der Waals surface area contributed by atoms with Crippen LogP contribution in [0.4, 0.5) is 0 Å². The first-order chi connectivity index (χ1) is 4.43. The summed E-state index contributed by atoms with van der Waals surface area (Å²) in [7, 11) is 0. The maximum absolute atomic E-state index is 10.0. The Labute approximate surface area is 54.0 Å². The van der Waals surface area contributed by atoms with Crippen LogP contribution in [0, 0.1) is 0 Å². The van der Waals surface area contributed by atoms with E-state index in [1.807, 2.05) is 6.29 Å². The van der Waals surface area contributed by atoms with Gasteiger partial charge in [0.25, 0.3) is 0 Å². The van der Waals surface area contributed by atoms with Crippen LogP contribution in [-0.2, 0) is 4.79 Å². The average Bonchev–Trinajstić information content (AvgIpc) is 2.13. The third-order valence-electron chi connectivity index (χ3n) is 1.19. The van der Waals surface area contributed by atoms with Gasteiger partial charge in [0.2, 0.25) is 6.29 Å². The van der Waals surface area contributed by atoms with Gasteiger partial charge in [0, 0.05) is 19.6 Å². The van der Waals surface area contributed by atoms with Crippen LogP contribution < -0.4 is 16.2 Å². The van der Waals surface area contributed by atoms with Gasteiger partial charge in [-0.3, -0.25) is 10.2 Å². The Bertz CT molecular complexity index is 88.2. The first-order valence-electron chi connectivity index (χ1n) is 3.00. The van der Waals surface area contributed by atoms with E-state index < -0.39 is 0 Å². The molecule has 1 heterocycles. The summed E-state index contributed by atoms with van der Waals surface area (Å²) < 4.78 is 0. The van der Waals surface area contributed by atoms with Crippen LogP contribution in [0.1, 0.15) is 0 Å². The molecule has 0 amide bonds. The zero-order chi connectivity index (χ0) is 6.53. The highest BCUT2D eigenvalue weighted by molar-refractivity contribution is 5.58. The minimum Gasteiger partial charge on any atom is -0.313 e. The second-order valence-electron chi connectivity index (χ2n) is 1.95. The monoisotopic (exact) mass is 128 g/mol. The summed E-state index contributed by atoms with van der Waals surface area (Å²) >= 11 is 0. The van der Waals surface area contributed by atoms with Gasteiger partial charge >= 0.3 is 0 Å². The zero-order valence-electron chi connectivity index (χ0n) is 5.11. The minimum absolute atomic E-state index is 0.201. The number of hydrazine groups is 1. The Kier molecular flexibility index (Phi) is 2.63. The lowest BCUT2D eigenvalue weighted by atomic mass is 10.3. The van der Waals surface area contributed by atoms with E-state index in [0.717, 1.165) is 13.1 Å². The topological polar surface area (TPSA) is 53.2 Å². The highest BCUT2D eigenvalue weighted by atomic mass is 16.1. The maximum atomic E-state index is 10.0. The van der Waals surface area contributed by atoms with E-state index in [1.54, 1.807) is 0 Å². The van der Waals surface area contributed by atoms with Crippen LogP contribution in [0.2, 0.25) is 0 Å². The van der Waals surface area contributed by atoms with E-state index in [4.69, 9.17) is 0 Å². The molecule has 1 unspecified atom stereocenters. The largest absolute Gasteiger partial charge is 0.313 e. The lowest BCUT2D eigenvalue weighted by Crippen LogP contribution is -2.42. The molecule has 0 bridgehead atoms. The second-order valence-corrected chi connectivity index (χ2v) is 1.95. The summed E-state index contributed by atoms with van der Waals surface area (Å²) in [6.45, 7) is 2.40. The highest BCUT2D eigenvalue weighted by Gasteiger charge is 2.08. The quantitative estimate of drug-likeness (QED) is 0.388. The summed E-state index contributed by atoms with van der Waals surface area (Å²) in [6, 6.07) is -0.201. The molecule has 9 heavy (non-hydrogen) atoms. The molecule has 0 aromatic rings. The van der Waals surface area contributed by atoms with E-state index >= 15 is 0 Å². The van der Waals surface area contributed by atoms with Crippen molar-refractivity contribution < 1.29 is 4.79 Å². The Morgan fingerprint density at radius 3 is 3.11 bits per heavy atom. The maximum Gasteiger partial charge on any atom is 0.219 e. The molecular weight excluding hydrogens is 118 g/mol. The molecule has 1 fully saturated rings. The number of rotatable bonds is 1. The van der Waals surface area contributed by atoms with Gasteiger partial charge in [0.1, 0.15) is 0 Å². The summed E-state index contributed by atoms with van der Waals surface area (Å²) in [4.78, 5) is 10.0. The predicted molar refractivity (Wildman–Crippen MR) is 33.5 cm³/mol. The van der Waals surface area contributed by atoms with Gasteiger partial charge in [-0.05, 0) is 0 Å². The Hall–Kier alpha value is -0.450. The lowest BCUT2D eigenvalue weighted by Gasteiger charge is -2.04. The fraction of sp³-hybridized carbons (Fsp3) is 0.800. The van der Waals surface area contributed by atoms with Crippen molar-refractivity contribution >= 4 is 6.29 Å². The first kappa shape index (κ1) is 6.67. The van der Waals surface area contributed by atoms with Crippen molar-refractivity contribution in [3.63, 3.8) is 0 Å². The Morgan fingerprint density at radius 1 is 1.44 bits per heavy atom. The molecule has 1 saturated heterocycles. The van der Waals surface area contributed by atoms with Crippen LogP contribution in [0.5, 0.6) is 0 Å².